The Balaban J connectivity index is 4.74. The van der Waals surface area contributed by atoms with Crippen molar-refractivity contribution >= 4 is 5.97 Å². The van der Waals surface area contributed by atoms with Gasteiger partial charge in [-0.05, 0) is 27.7 Å². The SMILES string of the molecule is COC(C)C(C)(OC(C)C(C)O)C(=O)O. The van der Waals surface area contributed by atoms with Crippen molar-refractivity contribution in [1.29, 1.82) is 0 Å². The Kier molecular flexibility index (Phi) is 5.20. The molecule has 4 unspecified atom stereocenters. The predicted octanol–water partition coefficient (Wildman–Crippen LogP) is 0.651. The van der Waals surface area contributed by atoms with Crippen molar-refractivity contribution in [3.63, 3.8) is 0 Å². The number of hydrogen-bond donors (Lipinski definition) is 2. The average molecular weight is 220 g/mol. The molecule has 0 aromatic rings. The second kappa shape index (κ2) is 5.44. The molecule has 4 atom stereocenters. The summed E-state index contributed by atoms with van der Waals surface area (Å²) in [6.07, 6.45) is -1.90. The lowest BCUT2D eigenvalue weighted by Gasteiger charge is -2.34. The van der Waals surface area contributed by atoms with Gasteiger partial charge in [0, 0.05) is 7.11 Å². The largest absolute Gasteiger partial charge is 0.479 e. The fourth-order valence-electron chi connectivity index (χ4n) is 1.03. The molecular weight excluding hydrogens is 200 g/mol. The van der Waals surface area contributed by atoms with Crippen LogP contribution in [0.15, 0.2) is 0 Å². The molecule has 0 aromatic heterocycles. The highest BCUT2D eigenvalue weighted by Crippen LogP contribution is 2.21. The number of methoxy groups -OCH3 is 1. The smallest absolute Gasteiger partial charge is 0.338 e. The van der Waals surface area contributed by atoms with Gasteiger partial charge in [0.05, 0.1) is 18.3 Å². The van der Waals surface area contributed by atoms with Crippen molar-refractivity contribution in [3.8, 4) is 0 Å². The van der Waals surface area contributed by atoms with Crippen molar-refractivity contribution in [2.45, 2.75) is 51.6 Å². The third-order valence-electron chi connectivity index (χ3n) is 2.66. The Labute approximate surface area is 90.0 Å². The van der Waals surface area contributed by atoms with Gasteiger partial charge in [-0.15, -0.1) is 0 Å². The standard InChI is InChI=1S/C10H20O5/c1-6(11)7(2)15-10(4,9(12)13)8(3)14-5/h6-8,11H,1-5H3,(H,12,13). The Morgan fingerprint density at radius 1 is 1.33 bits per heavy atom. The third kappa shape index (κ3) is 3.44. The van der Waals surface area contributed by atoms with Crippen LogP contribution < -0.4 is 0 Å². The van der Waals surface area contributed by atoms with Crippen LogP contribution in [0.2, 0.25) is 0 Å². The zero-order valence-electron chi connectivity index (χ0n) is 9.85. The molecule has 90 valence electrons. The Hall–Kier alpha value is -0.650. The van der Waals surface area contributed by atoms with Crippen LogP contribution in [0.3, 0.4) is 0 Å². The predicted molar refractivity (Wildman–Crippen MR) is 54.7 cm³/mol. The molecule has 0 aromatic carbocycles. The summed E-state index contributed by atoms with van der Waals surface area (Å²) in [7, 11) is 1.42. The molecule has 2 N–H and O–H groups in total. The van der Waals surface area contributed by atoms with Crippen LogP contribution in [0.5, 0.6) is 0 Å². The van der Waals surface area contributed by atoms with Crippen molar-refractivity contribution in [2.75, 3.05) is 7.11 Å². The highest BCUT2D eigenvalue weighted by Gasteiger charge is 2.42. The minimum absolute atomic E-state index is 0.566. The molecule has 0 aliphatic carbocycles. The van der Waals surface area contributed by atoms with E-state index in [1.54, 1.807) is 20.8 Å². The molecule has 0 bridgehead atoms. The van der Waals surface area contributed by atoms with Gasteiger partial charge in [0.25, 0.3) is 0 Å². The second-order valence-electron chi connectivity index (χ2n) is 3.85. The zero-order chi connectivity index (χ0) is 12.2. The van der Waals surface area contributed by atoms with Crippen LogP contribution in [0, 0.1) is 0 Å². The highest BCUT2D eigenvalue weighted by atomic mass is 16.6. The summed E-state index contributed by atoms with van der Waals surface area (Å²) in [5.74, 6) is -1.11. The van der Waals surface area contributed by atoms with Crippen LogP contribution in [0.25, 0.3) is 0 Å². The Bertz CT molecular complexity index is 216. The van der Waals surface area contributed by atoms with Crippen LogP contribution in [-0.2, 0) is 14.3 Å². The summed E-state index contributed by atoms with van der Waals surface area (Å²) in [5.41, 5.74) is -1.45. The second-order valence-corrected chi connectivity index (χ2v) is 3.85. The lowest BCUT2D eigenvalue weighted by Crippen LogP contribution is -2.51. The molecular formula is C10H20O5. The molecule has 0 spiro atoms. The van der Waals surface area contributed by atoms with Gasteiger partial charge >= 0.3 is 5.97 Å². The van der Waals surface area contributed by atoms with Gasteiger partial charge in [-0.25, -0.2) is 4.79 Å². The maximum Gasteiger partial charge on any atom is 0.338 e. The van der Waals surface area contributed by atoms with E-state index in [1.807, 2.05) is 0 Å². The van der Waals surface area contributed by atoms with E-state index in [4.69, 9.17) is 14.6 Å². The van der Waals surface area contributed by atoms with E-state index in [2.05, 4.69) is 0 Å². The first kappa shape index (κ1) is 14.3. The number of hydrogen-bond acceptors (Lipinski definition) is 4. The number of carboxylic acids is 1. The van der Waals surface area contributed by atoms with E-state index < -0.39 is 29.9 Å². The van der Waals surface area contributed by atoms with Gasteiger partial charge in [-0.1, -0.05) is 0 Å². The number of aliphatic carboxylic acids is 1. The summed E-state index contributed by atoms with van der Waals surface area (Å²) < 4.78 is 10.3. The van der Waals surface area contributed by atoms with Crippen LogP contribution in [0.1, 0.15) is 27.7 Å². The number of carboxylic acid groups (broad SMARTS) is 1. The first-order valence-corrected chi connectivity index (χ1v) is 4.87. The van der Waals surface area contributed by atoms with Gasteiger partial charge in [0.15, 0.2) is 5.60 Å². The molecule has 0 radical (unpaired) electrons. The monoisotopic (exact) mass is 220 g/mol. The van der Waals surface area contributed by atoms with Crippen LogP contribution in [-0.4, -0.2) is 47.2 Å². The van der Waals surface area contributed by atoms with Crippen molar-refractivity contribution < 1.29 is 24.5 Å². The summed E-state index contributed by atoms with van der Waals surface area (Å²) in [4.78, 5) is 11.1. The molecule has 0 fully saturated rings. The van der Waals surface area contributed by atoms with Gasteiger partial charge in [0.1, 0.15) is 0 Å². The minimum Gasteiger partial charge on any atom is -0.479 e. The molecule has 0 saturated heterocycles. The zero-order valence-corrected chi connectivity index (χ0v) is 9.85. The maximum absolute atomic E-state index is 11.1. The summed E-state index contributed by atoms with van der Waals surface area (Å²) >= 11 is 0. The van der Waals surface area contributed by atoms with Gasteiger partial charge in [0.2, 0.25) is 0 Å². The fourth-order valence-corrected chi connectivity index (χ4v) is 1.03. The molecule has 5 heteroatoms. The number of carbonyl (C=O) groups is 1. The molecule has 0 amide bonds. The van der Waals surface area contributed by atoms with Gasteiger partial charge in [-0.2, -0.15) is 0 Å². The number of rotatable bonds is 6. The van der Waals surface area contributed by atoms with Gasteiger partial charge < -0.3 is 19.7 Å². The van der Waals surface area contributed by atoms with Crippen LogP contribution >= 0.6 is 0 Å². The van der Waals surface area contributed by atoms with E-state index >= 15 is 0 Å². The maximum atomic E-state index is 11.1. The molecule has 0 rings (SSSR count). The highest BCUT2D eigenvalue weighted by molar-refractivity contribution is 5.77. The number of ether oxygens (including phenoxy) is 2. The Morgan fingerprint density at radius 3 is 2.07 bits per heavy atom. The molecule has 0 heterocycles. The Morgan fingerprint density at radius 2 is 1.80 bits per heavy atom. The molecule has 0 aliphatic rings. The van der Waals surface area contributed by atoms with Crippen molar-refractivity contribution in [1.82, 2.24) is 0 Å². The quantitative estimate of drug-likeness (QED) is 0.687. The van der Waals surface area contributed by atoms with E-state index in [0.717, 1.165) is 0 Å². The first-order valence-electron chi connectivity index (χ1n) is 4.87. The topological polar surface area (TPSA) is 76.0 Å². The normalized spacial score (nSPS) is 21.5. The van der Waals surface area contributed by atoms with E-state index in [9.17, 15) is 9.90 Å². The number of aliphatic hydroxyl groups excluding tert-OH is 1. The summed E-state index contributed by atoms with van der Waals surface area (Å²) in [5, 5.41) is 18.3. The molecule has 15 heavy (non-hydrogen) atoms. The van der Waals surface area contributed by atoms with Crippen LogP contribution in [0.4, 0.5) is 0 Å². The molecule has 0 saturated carbocycles. The van der Waals surface area contributed by atoms with Gasteiger partial charge in [-0.3, -0.25) is 0 Å². The lowest BCUT2D eigenvalue weighted by molar-refractivity contribution is -0.198. The molecule has 5 nitrogen and oxygen atoms in total. The third-order valence-corrected chi connectivity index (χ3v) is 2.66. The average Bonchev–Trinajstić information content (AvgIpc) is 2.15. The molecule has 0 aliphatic heterocycles. The van der Waals surface area contributed by atoms with E-state index in [-0.39, 0.29) is 0 Å². The lowest BCUT2D eigenvalue weighted by atomic mass is 9.99. The first-order chi connectivity index (χ1) is 6.75. The summed E-state index contributed by atoms with van der Waals surface area (Å²) in [6.45, 7) is 6.21. The number of aliphatic hydroxyl groups is 1. The van der Waals surface area contributed by atoms with Crippen molar-refractivity contribution in [3.05, 3.63) is 0 Å². The van der Waals surface area contributed by atoms with E-state index in [1.165, 1.54) is 14.0 Å². The van der Waals surface area contributed by atoms with Crippen molar-refractivity contribution in [2.24, 2.45) is 0 Å². The summed E-state index contributed by atoms with van der Waals surface area (Å²) in [6, 6.07) is 0. The van der Waals surface area contributed by atoms with E-state index in [0.29, 0.717) is 0 Å². The fraction of sp³-hybridized carbons (Fsp3) is 0.900. The minimum atomic E-state index is -1.45.